The zero-order chi connectivity index (χ0) is 18.6. The van der Waals surface area contributed by atoms with Crippen LogP contribution in [0.25, 0.3) is 11.1 Å². The molecule has 0 saturated heterocycles. The van der Waals surface area contributed by atoms with Gasteiger partial charge >= 0.3 is 6.18 Å². The zero-order valence-corrected chi connectivity index (χ0v) is 13.5. The molecule has 1 aromatic heterocycles. The molecule has 0 unspecified atom stereocenters. The van der Waals surface area contributed by atoms with Gasteiger partial charge in [0.2, 0.25) is 0 Å². The average molecular weight is 357 g/mol. The van der Waals surface area contributed by atoms with Gasteiger partial charge in [0.05, 0.1) is 0 Å². The molecule has 3 rings (SSSR count). The third kappa shape index (κ3) is 4.08. The maximum Gasteiger partial charge on any atom is 0.433 e. The minimum absolute atomic E-state index is 0.339. The highest BCUT2D eigenvalue weighted by Gasteiger charge is 2.32. The fraction of sp³-hybridized carbons (Fsp3) is 0.100. The van der Waals surface area contributed by atoms with Crippen LogP contribution in [0.4, 0.5) is 13.2 Å². The second-order valence-corrected chi connectivity index (χ2v) is 5.57. The monoisotopic (exact) mass is 357 g/mol. The Labute approximate surface area is 148 Å². The zero-order valence-electron chi connectivity index (χ0n) is 13.5. The molecule has 0 bridgehead atoms. The van der Waals surface area contributed by atoms with Gasteiger partial charge in [-0.1, -0.05) is 36.4 Å². The van der Waals surface area contributed by atoms with Crippen molar-refractivity contribution >= 4 is 6.29 Å². The van der Waals surface area contributed by atoms with Crippen molar-refractivity contribution in [2.75, 3.05) is 0 Å². The van der Waals surface area contributed by atoms with Crippen molar-refractivity contribution < 1.29 is 22.7 Å². The Bertz CT molecular complexity index is 891. The summed E-state index contributed by atoms with van der Waals surface area (Å²) in [6, 6.07) is 16.5. The van der Waals surface area contributed by atoms with Crippen LogP contribution in [-0.2, 0) is 12.8 Å². The van der Waals surface area contributed by atoms with E-state index < -0.39 is 11.9 Å². The molecule has 6 heteroatoms. The van der Waals surface area contributed by atoms with Crippen LogP contribution in [-0.4, -0.2) is 11.3 Å². The third-order valence-corrected chi connectivity index (χ3v) is 3.76. The van der Waals surface area contributed by atoms with Gasteiger partial charge in [0.1, 0.15) is 18.1 Å². The van der Waals surface area contributed by atoms with E-state index in [4.69, 9.17) is 4.74 Å². The second-order valence-electron chi connectivity index (χ2n) is 5.57. The van der Waals surface area contributed by atoms with Crippen LogP contribution in [0, 0.1) is 0 Å². The van der Waals surface area contributed by atoms with Crippen molar-refractivity contribution in [2.24, 2.45) is 0 Å². The first-order valence-corrected chi connectivity index (χ1v) is 7.77. The number of rotatable bonds is 5. The lowest BCUT2D eigenvalue weighted by molar-refractivity contribution is -0.141. The van der Waals surface area contributed by atoms with Crippen LogP contribution in [0.15, 0.2) is 66.9 Å². The Morgan fingerprint density at radius 3 is 2.38 bits per heavy atom. The number of carbonyl (C=O) groups is 1. The lowest BCUT2D eigenvalue weighted by atomic mass is 10.0. The molecule has 26 heavy (non-hydrogen) atoms. The lowest BCUT2D eigenvalue weighted by Crippen LogP contribution is -2.07. The van der Waals surface area contributed by atoms with Crippen LogP contribution in [0.3, 0.4) is 0 Å². The van der Waals surface area contributed by atoms with Gasteiger partial charge in [0, 0.05) is 17.3 Å². The van der Waals surface area contributed by atoms with E-state index in [9.17, 15) is 18.0 Å². The SMILES string of the molecule is O=Cc1ccc(OCc2ccccc2)cc1-c1ccc(C(F)(F)F)nc1. The maximum atomic E-state index is 12.7. The van der Waals surface area contributed by atoms with Crippen LogP contribution in [0.2, 0.25) is 0 Å². The van der Waals surface area contributed by atoms with Gasteiger partial charge in [-0.05, 0) is 35.4 Å². The number of hydrogen-bond acceptors (Lipinski definition) is 3. The minimum atomic E-state index is -4.51. The van der Waals surface area contributed by atoms with E-state index in [0.29, 0.717) is 35.3 Å². The number of pyridine rings is 1. The van der Waals surface area contributed by atoms with Crippen LogP contribution >= 0.6 is 0 Å². The molecule has 0 aliphatic carbocycles. The van der Waals surface area contributed by atoms with E-state index >= 15 is 0 Å². The van der Waals surface area contributed by atoms with Crippen molar-refractivity contribution in [3.8, 4) is 16.9 Å². The Balaban J connectivity index is 1.87. The van der Waals surface area contributed by atoms with Crippen molar-refractivity contribution in [1.29, 1.82) is 0 Å². The number of ether oxygens (including phenoxy) is 1. The van der Waals surface area contributed by atoms with E-state index in [1.807, 2.05) is 30.3 Å². The summed E-state index contributed by atoms with van der Waals surface area (Å²) in [5.74, 6) is 0.509. The third-order valence-electron chi connectivity index (χ3n) is 3.76. The quantitative estimate of drug-likeness (QED) is 0.592. The molecule has 3 aromatic rings. The molecule has 132 valence electrons. The van der Waals surface area contributed by atoms with Crippen LogP contribution < -0.4 is 4.74 Å². The molecule has 3 nitrogen and oxygen atoms in total. The van der Waals surface area contributed by atoms with E-state index in [1.165, 1.54) is 6.07 Å². The highest BCUT2D eigenvalue weighted by molar-refractivity contribution is 5.88. The number of nitrogens with zero attached hydrogens (tertiary/aromatic N) is 1. The van der Waals surface area contributed by atoms with Crippen molar-refractivity contribution in [2.45, 2.75) is 12.8 Å². The first kappa shape index (κ1) is 17.7. The van der Waals surface area contributed by atoms with Crippen LogP contribution in [0.5, 0.6) is 5.75 Å². The van der Waals surface area contributed by atoms with E-state index in [0.717, 1.165) is 17.8 Å². The molecular formula is C20H14F3NO2. The Hall–Kier alpha value is -3.15. The van der Waals surface area contributed by atoms with E-state index in [1.54, 1.807) is 18.2 Å². The second kappa shape index (κ2) is 7.39. The fourth-order valence-electron chi connectivity index (χ4n) is 2.44. The summed E-state index contributed by atoms with van der Waals surface area (Å²) in [7, 11) is 0. The number of hydrogen-bond donors (Lipinski definition) is 0. The summed E-state index contributed by atoms with van der Waals surface area (Å²) in [5, 5.41) is 0. The summed E-state index contributed by atoms with van der Waals surface area (Å²) in [4.78, 5) is 14.7. The maximum absolute atomic E-state index is 12.7. The lowest BCUT2D eigenvalue weighted by Gasteiger charge is -2.11. The van der Waals surface area contributed by atoms with Gasteiger partial charge in [0.15, 0.2) is 6.29 Å². The molecule has 0 fully saturated rings. The number of halogens is 3. The van der Waals surface area contributed by atoms with Crippen molar-refractivity contribution in [3.05, 3.63) is 83.7 Å². The van der Waals surface area contributed by atoms with Crippen LogP contribution in [0.1, 0.15) is 21.6 Å². The molecule has 0 N–H and O–H groups in total. The standard InChI is InChI=1S/C20H14F3NO2/c21-20(22,23)19-9-7-15(11-24-19)18-10-17(8-6-16(18)12-25)26-13-14-4-2-1-3-5-14/h1-12H,13H2. The number of aromatic nitrogens is 1. The number of aldehydes is 1. The fourth-order valence-corrected chi connectivity index (χ4v) is 2.44. The normalized spacial score (nSPS) is 11.2. The number of benzene rings is 2. The first-order chi connectivity index (χ1) is 12.5. The molecule has 2 aromatic carbocycles. The smallest absolute Gasteiger partial charge is 0.433 e. The molecule has 0 amide bonds. The van der Waals surface area contributed by atoms with Gasteiger partial charge in [0.25, 0.3) is 0 Å². The molecule has 0 radical (unpaired) electrons. The predicted molar refractivity (Wildman–Crippen MR) is 90.8 cm³/mol. The Kier molecular flexibility index (Phi) is 5.02. The topological polar surface area (TPSA) is 39.2 Å². The minimum Gasteiger partial charge on any atom is -0.489 e. The van der Waals surface area contributed by atoms with Gasteiger partial charge in [-0.15, -0.1) is 0 Å². The highest BCUT2D eigenvalue weighted by atomic mass is 19.4. The highest BCUT2D eigenvalue weighted by Crippen LogP contribution is 2.31. The Morgan fingerprint density at radius 2 is 1.77 bits per heavy atom. The predicted octanol–water partition coefficient (Wildman–Crippen LogP) is 5.16. The van der Waals surface area contributed by atoms with Gasteiger partial charge in [-0.2, -0.15) is 13.2 Å². The van der Waals surface area contributed by atoms with Gasteiger partial charge < -0.3 is 4.74 Å². The summed E-state index contributed by atoms with van der Waals surface area (Å²) >= 11 is 0. The van der Waals surface area contributed by atoms with E-state index in [-0.39, 0.29) is 0 Å². The molecule has 0 aliphatic rings. The number of alkyl halides is 3. The summed E-state index contributed by atoms with van der Waals surface area (Å²) < 4.78 is 43.7. The Morgan fingerprint density at radius 1 is 1.00 bits per heavy atom. The summed E-state index contributed by atoms with van der Waals surface area (Å²) in [6.07, 6.45) is -2.76. The van der Waals surface area contributed by atoms with Gasteiger partial charge in [-0.3, -0.25) is 9.78 Å². The molecule has 0 spiro atoms. The summed E-state index contributed by atoms with van der Waals surface area (Å²) in [5.41, 5.74) is 1.21. The first-order valence-electron chi connectivity index (χ1n) is 7.77. The van der Waals surface area contributed by atoms with E-state index in [2.05, 4.69) is 4.98 Å². The molecule has 0 atom stereocenters. The van der Waals surface area contributed by atoms with Gasteiger partial charge in [-0.25, -0.2) is 0 Å². The van der Waals surface area contributed by atoms with Crippen molar-refractivity contribution in [3.63, 3.8) is 0 Å². The molecule has 0 saturated carbocycles. The molecule has 0 aliphatic heterocycles. The average Bonchev–Trinajstić information content (AvgIpc) is 2.66. The summed E-state index contributed by atoms with van der Waals surface area (Å²) in [6.45, 7) is 0.339. The molecule has 1 heterocycles. The largest absolute Gasteiger partial charge is 0.489 e. The molecular weight excluding hydrogens is 343 g/mol. The van der Waals surface area contributed by atoms with Crippen molar-refractivity contribution in [1.82, 2.24) is 4.98 Å². The number of carbonyl (C=O) groups excluding carboxylic acids is 1.